The van der Waals surface area contributed by atoms with Crippen LogP contribution in [0.4, 0.5) is 0 Å². The van der Waals surface area contributed by atoms with Crippen LogP contribution in [0.15, 0.2) is 29.2 Å². The van der Waals surface area contributed by atoms with Crippen LogP contribution >= 0.6 is 0 Å². The van der Waals surface area contributed by atoms with Gasteiger partial charge in [0.1, 0.15) is 0 Å². The predicted octanol–water partition coefficient (Wildman–Crippen LogP) is 3.71. The van der Waals surface area contributed by atoms with Gasteiger partial charge < -0.3 is 5.32 Å². The number of benzene rings is 1. The Morgan fingerprint density at radius 3 is 2.38 bits per heavy atom. The molecule has 2 rings (SSSR count). The van der Waals surface area contributed by atoms with Gasteiger partial charge in [-0.15, -0.1) is 0 Å². The lowest BCUT2D eigenvalue weighted by Gasteiger charge is -2.22. The molecule has 1 aliphatic rings. The molecule has 4 heteroatoms. The van der Waals surface area contributed by atoms with E-state index in [1.165, 1.54) is 38.4 Å². The molecule has 0 saturated heterocycles. The van der Waals surface area contributed by atoms with Crippen molar-refractivity contribution in [2.45, 2.75) is 62.9 Å². The van der Waals surface area contributed by atoms with Gasteiger partial charge in [0.05, 0.1) is 4.90 Å². The normalized spacial score (nSPS) is 25.3. The van der Waals surface area contributed by atoms with Gasteiger partial charge in [0.25, 0.3) is 0 Å². The average Bonchev–Trinajstić information content (AvgIpc) is 2.63. The highest BCUT2D eigenvalue weighted by atomic mass is 32.2. The highest BCUT2D eigenvalue weighted by molar-refractivity contribution is 7.90. The molecule has 0 heterocycles. The highest BCUT2D eigenvalue weighted by Gasteiger charge is 2.18. The van der Waals surface area contributed by atoms with Gasteiger partial charge in [0.2, 0.25) is 0 Å². The Labute approximate surface area is 129 Å². The summed E-state index contributed by atoms with van der Waals surface area (Å²) in [5.74, 6) is 0.848. The van der Waals surface area contributed by atoms with Gasteiger partial charge in [-0.2, -0.15) is 0 Å². The third-order valence-corrected chi connectivity index (χ3v) is 5.68. The summed E-state index contributed by atoms with van der Waals surface area (Å²) < 4.78 is 23.0. The first-order valence-corrected chi connectivity index (χ1v) is 9.81. The van der Waals surface area contributed by atoms with E-state index < -0.39 is 9.84 Å². The van der Waals surface area contributed by atoms with Crippen LogP contribution in [-0.2, 0) is 9.84 Å². The van der Waals surface area contributed by atoms with Gasteiger partial charge in [-0.25, -0.2) is 8.42 Å². The molecule has 0 bridgehead atoms. The largest absolute Gasteiger partial charge is 0.307 e. The minimum absolute atomic E-state index is 0.261. The van der Waals surface area contributed by atoms with Gasteiger partial charge in [-0.3, -0.25) is 0 Å². The molecule has 21 heavy (non-hydrogen) atoms. The SMILES string of the molecule is CC1CCCC(NC(C)c2ccc(S(C)(=O)=O)cc2)CC1. The van der Waals surface area contributed by atoms with Gasteiger partial charge in [0, 0.05) is 18.3 Å². The number of sulfone groups is 1. The van der Waals surface area contributed by atoms with Crippen LogP contribution in [0.25, 0.3) is 0 Å². The van der Waals surface area contributed by atoms with Crippen molar-refractivity contribution in [3.8, 4) is 0 Å². The molecule has 1 aromatic carbocycles. The first-order chi connectivity index (χ1) is 9.86. The second-order valence-corrected chi connectivity index (χ2v) is 8.56. The zero-order valence-electron chi connectivity index (χ0n) is 13.3. The Kier molecular flexibility index (Phi) is 5.44. The van der Waals surface area contributed by atoms with Crippen molar-refractivity contribution in [3.63, 3.8) is 0 Å². The van der Waals surface area contributed by atoms with E-state index in [4.69, 9.17) is 0 Å². The zero-order chi connectivity index (χ0) is 15.5. The van der Waals surface area contributed by atoms with Crippen molar-refractivity contribution in [1.29, 1.82) is 0 Å². The Hall–Kier alpha value is -0.870. The number of hydrogen-bond donors (Lipinski definition) is 1. The van der Waals surface area contributed by atoms with Crippen molar-refractivity contribution in [3.05, 3.63) is 29.8 Å². The van der Waals surface area contributed by atoms with Crippen LogP contribution in [0.2, 0.25) is 0 Å². The van der Waals surface area contributed by atoms with E-state index in [0.717, 1.165) is 11.5 Å². The van der Waals surface area contributed by atoms with E-state index in [9.17, 15) is 8.42 Å². The molecule has 0 amide bonds. The monoisotopic (exact) mass is 309 g/mol. The summed E-state index contributed by atoms with van der Waals surface area (Å²) in [6, 6.07) is 8.10. The number of nitrogens with one attached hydrogen (secondary N) is 1. The fourth-order valence-electron chi connectivity index (χ4n) is 3.11. The quantitative estimate of drug-likeness (QED) is 0.862. The van der Waals surface area contributed by atoms with E-state index in [-0.39, 0.29) is 6.04 Å². The zero-order valence-corrected chi connectivity index (χ0v) is 14.1. The summed E-state index contributed by atoms with van der Waals surface area (Å²) in [4.78, 5) is 0.391. The van der Waals surface area contributed by atoms with Crippen molar-refractivity contribution in [2.24, 2.45) is 5.92 Å². The molecule has 1 aliphatic carbocycles. The maximum atomic E-state index is 11.5. The van der Waals surface area contributed by atoms with E-state index >= 15 is 0 Å². The van der Waals surface area contributed by atoms with Crippen molar-refractivity contribution < 1.29 is 8.42 Å². The fourth-order valence-corrected chi connectivity index (χ4v) is 3.74. The predicted molar refractivity (Wildman–Crippen MR) is 87.1 cm³/mol. The molecule has 3 atom stereocenters. The van der Waals surface area contributed by atoms with Crippen LogP contribution in [0, 0.1) is 5.92 Å². The number of hydrogen-bond acceptors (Lipinski definition) is 3. The standard InChI is InChI=1S/C17H27NO2S/c1-13-5-4-6-16(10-7-13)18-14(2)15-8-11-17(12-9-15)21(3,19)20/h8-9,11-14,16,18H,4-7,10H2,1-3H3. The van der Waals surface area contributed by atoms with E-state index in [0.29, 0.717) is 10.9 Å². The van der Waals surface area contributed by atoms with Gasteiger partial charge in [-0.05, 0) is 49.8 Å². The topological polar surface area (TPSA) is 46.2 Å². The van der Waals surface area contributed by atoms with Crippen molar-refractivity contribution >= 4 is 9.84 Å². The Balaban J connectivity index is 1.98. The van der Waals surface area contributed by atoms with Crippen molar-refractivity contribution in [1.82, 2.24) is 5.32 Å². The molecule has 3 unspecified atom stereocenters. The molecule has 3 nitrogen and oxygen atoms in total. The molecule has 118 valence electrons. The third kappa shape index (κ3) is 4.82. The van der Waals surface area contributed by atoms with E-state index in [1.54, 1.807) is 12.1 Å². The maximum Gasteiger partial charge on any atom is 0.175 e. The average molecular weight is 309 g/mol. The summed E-state index contributed by atoms with van der Waals surface area (Å²) in [6.07, 6.45) is 7.69. The molecule has 0 radical (unpaired) electrons. The first-order valence-electron chi connectivity index (χ1n) is 7.92. The molecule has 1 saturated carbocycles. The van der Waals surface area contributed by atoms with Crippen LogP contribution in [0.3, 0.4) is 0 Å². The van der Waals surface area contributed by atoms with Crippen LogP contribution in [0.5, 0.6) is 0 Å². The molecule has 0 aliphatic heterocycles. The number of rotatable bonds is 4. The summed E-state index contributed by atoms with van der Waals surface area (Å²) in [5, 5.41) is 3.70. The fraction of sp³-hybridized carbons (Fsp3) is 0.647. The van der Waals surface area contributed by atoms with Crippen LogP contribution in [0.1, 0.15) is 57.6 Å². The third-order valence-electron chi connectivity index (χ3n) is 4.55. The van der Waals surface area contributed by atoms with E-state index in [1.807, 2.05) is 12.1 Å². The molecule has 0 aromatic heterocycles. The molecule has 1 fully saturated rings. The summed E-state index contributed by atoms with van der Waals surface area (Å²) in [7, 11) is -3.10. The molecule has 1 aromatic rings. The maximum absolute atomic E-state index is 11.5. The van der Waals surface area contributed by atoms with Gasteiger partial charge in [0.15, 0.2) is 9.84 Å². The summed E-state index contributed by atoms with van der Waals surface area (Å²) >= 11 is 0. The minimum Gasteiger partial charge on any atom is -0.307 e. The minimum atomic E-state index is -3.10. The second kappa shape index (κ2) is 6.93. The second-order valence-electron chi connectivity index (χ2n) is 6.54. The lowest BCUT2D eigenvalue weighted by Crippen LogP contribution is -2.31. The highest BCUT2D eigenvalue weighted by Crippen LogP contribution is 2.25. The Morgan fingerprint density at radius 2 is 1.76 bits per heavy atom. The van der Waals surface area contributed by atoms with Gasteiger partial charge in [-0.1, -0.05) is 31.9 Å². The lowest BCUT2D eigenvalue weighted by atomic mass is 10.0. The van der Waals surface area contributed by atoms with E-state index in [2.05, 4.69) is 19.2 Å². The van der Waals surface area contributed by atoms with Gasteiger partial charge >= 0.3 is 0 Å². The Morgan fingerprint density at radius 1 is 1.10 bits per heavy atom. The van der Waals surface area contributed by atoms with Crippen molar-refractivity contribution in [2.75, 3.05) is 6.26 Å². The van der Waals surface area contributed by atoms with Crippen LogP contribution < -0.4 is 5.32 Å². The van der Waals surface area contributed by atoms with Crippen LogP contribution in [-0.4, -0.2) is 20.7 Å². The smallest absolute Gasteiger partial charge is 0.175 e. The Bertz CT molecular complexity index is 551. The molecular formula is C17H27NO2S. The summed E-state index contributed by atoms with van der Waals surface area (Å²) in [6.45, 7) is 4.50. The lowest BCUT2D eigenvalue weighted by molar-refractivity contribution is 0.408. The molecule has 0 spiro atoms. The summed E-state index contributed by atoms with van der Waals surface area (Å²) in [5.41, 5.74) is 1.15. The first kappa shape index (κ1) is 16.5. The molecule has 1 N–H and O–H groups in total. The molecular weight excluding hydrogens is 282 g/mol.